The van der Waals surface area contributed by atoms with E-state index < -0.39 is 0 Å². The molecule has 3 nitrogen and oxygen atoms in total. The first-order valence-electron chi connectivity index (χ1n) is 4.71. The number of rotatable bonds is 2. The summed E-state index contributed by atoms with van der Waals surface area (Å²) in [5.74, 6) is 0.398. The summed E-state index contributed by atoms with van der Waals surface area (Å²) in [4.78, 5) is 4.02. The molecule has 2 heterocycles. The van der Waals surface area contributed by atoms with Crippen molar-refractivity contribution in [2.24, 2.45) is 11.7 Å². The van der Waals surface area contributed by atoms with Crippen LogP contribution in [0.3, 0.4) is 0 Å². The molecule has 1 fully saturated rings. The SMILES string of the molecule is NC(c1cncc(Cl)c1)C1CCOC1. The summed E-state index contributed by atoms with van der Waals surface area (Å²) in [5.41, 5.74) is 7.08. The van der Waals surface area contributed by atoms with Crippen LogP contribution < -0.4 is 5.73 Å². The molecule has 1 aliphatic heterocycles. The fourth-order valence-corrected chi connectivity index (χ4v) is 1.90. The summed E-state index contributed by atoms with van der Waals surface area (Å²) >= 11 is 5.85. The molecule has 0 spiro atoms. The number of ether oxygens (including phenoxy) is 1. The van der Waals surface area contributed by atoms with E-state index in [-0.39, 0.29) is 6.04 Å². The lowest BCUT2D eigenvalue weighted by Gasteiger charge is -2.17. The Morgan fingerprint density at radius 3 is 3.07 bits per heavy atom. The van der Waals surface area contributed by atoms with Crippen LogP contribution in [-0.2, 0) is 4.74 Å². The highest BCUT2D eigenvalue weighted by molar-refractivity contribution is 6.30. The smallest absolute Gasteiger partial charge is 0.0592 e. The van der Waals surface area contributed by atoms with Gasteiger partial charge in [0.1, 0.15) is 0 Å². The third-order valence-corrected chi connectivity index (χ3v) is 2.79. The molecule has 2 rings (SSSR count). The van der Waals surface area contributed by atoms with E-state index in [1.165, 1.54) is 0 Å². The molecule has 76 valence electrons. The van der Waals surface area contributed by atoms with Crippen LogP contribution in [-0.4, -0.2) is 18.2 Å². The van der Waals surface area contributed by atoms with Gasteiger partial charge < -0.3 is 10.5 Å². The molecule has 0 saturated carbocycles. The molecule has 2 atom stereocenters. The number of nitrogens with zero attached hydrogens (tertiary/aromatic N) is 1. The molecule has 2 N–H and O–H groups in total. The number of hydrogen-bond acceptors (Lipinski definition) is 3. The molecule has 1 aromatic rings. The largest absolute Gasteiger partial charge is 0.381 e. The van der Waals surface area contributed by atoms with Gasteiger partial charge in [-0.1, -0.05) is 11.6 Å². The van der Waals surface area contributed by atoms with Crippen LogP contribution in [0.15, 0.2) is 18.5 Å². The van der Waals surface area contributed by atoms with Crippen LogP contribution in [0.5, 0.6) is 0 Å². The van der Waals surface area contributed by atoms with Crippen LogP contribution in [0.25, 0.3) is 0 Å². The normalized spacial score (nSPS) is 23.7. The highest BCUT2D eigenvalue weighted by Crippen LogP contribution is 2.27. The molecular formula is C10H13ClN2O. The summed E-state index contributed by atoms with van der Waals surface area (Å²) in [6.45, 7) is 1.56. The molecular weight excluding hydrogens is 200 g/mol. The van der Waals surface area contributed by atoms with Crippen LogP contribution in [0.2, 0.25) is 5.02 Å². The second-order valence-electron chi connectivity index (χ2n) is 3.59. The molecule has 1 aromatic heterocycles. The first kappa shape index (κ1) is 9.90. The van der Waals surface area contributed by atoms with Gasteiger partial charge in [0.25, 0.3) is 0 Å². The van der Waals surface area contributed by atoms with Crippen LogP contribution in [0.4, 0.5) is 0 Å². The minimum atomic E-state index is -0.0105. The average Bonchev–Trinajstić information content (AvgIpc) is 2.69. The van der Waals surface area contributed by atoms with Gasteiger partial charge in [0.2, 0.25) is 0 Å². The zero-order chi connectivity index (χ0) is 9.97. The fourth-order valence-electron chi connectivity index (χ4n) is 1.72. The van der Waals surface area contributed by atoms with E-state index in [9.17, 15) is 0 Å². The van der Waals surface area contributed by atoms with E-state index in [1.54, 1.807) is 12.4 Å². The van der Waals surface area contributed by atoms with Crippen molar-refractivity contribution in [3.63, 3.8) is 0 Å². The Morgan fingerprint density at radius 2 is 2.43 bits per heavy atom. The maximum atomic E-state index is 6.09. The van der Waals surface area contributed by atoms with E-state index in [0.717, 1.165) is 25.2 Å². The molecule has 0 aromatic carbocycles. The van der Waals surface area contributed by atoms with Crippen molar-refractivity contribution in [1.29, 1.82) is 0 Å². The van der Waals surface area contributed by atoms with Gasteiger partial charge in [0, 0.05) is 31.0 Å². The van der Waals surface area contributed by atoms with Crippen molar-refractivity contribution in [1.82, 2.24) is 4.98 Å². The first-order valence-corrected chi connectivity index (χ1v) is 5.09. The lowest BCUT2D eigenvalue weighted by Crippen LogP contribution is -2.21. The Morgan fingerprint density at radius 1 is 1.57 bits per heavy atom. The fraction of sp³-hybridized carbons (Fsp3) is 0.500. The summed E-state index contributed by atoms with van der Waals surface area (Å²) in [6.07, 6.45) is 4.41. The third kappa shape index (κ3) is 2.05. The molecule has 1 saturated heterocycles. The van der Waals surface area contributed by atoms with E-state index in [4.69, 9.17) is 22.1 Å². The molecule has 4 heteroatoms. The quantitative estimate of drug-likeness (QED) is 0.813. The van der Waals surface area contributed by atoms with Crippen molar-refractivity contribution in [3.8, 4) is 0 Å². The van der Waals surface area contributed by atoms with E-state index in [1.807, 2.05) is 6.07 Å². The Balaban J connectivity index is 2.13. The van der Waals surface area contributed by atoms with Crippen molar-refractivity contribution in [3.05, 3.63) is 29.0 Å². The monoisotopic (exact) mass is 212 g/mol. The summed E-state index contributed by atoms with van der Waals surface area (Å²) in [7, 11) is 0. The molecule has 0 radical (unpaired) electrons. The standard InChI is InChI=1S/C10H13ClN2O/c11-9-3-8(4-13-5-9)10(12)7-1-2-14-6-7/h3-5,7,10H,1-2,6,12H2. The zero-order valence-corrected chi connectivity index (χ0v) is 8.57. The Labute approximate surface area is 88.2 Å². The van der Waals surface area contributed by atoms with Crippen molar-refractivity contribution < 1.29 is 4.74 Å². The van der Waals surface area contributed by atoms with E-state index in [2.05, 4.69) is 4.98 Å². The van der Waals surface area contributed by atoms with E-state index >= 15 is 0 Å². The topological polar surface area (TPSA) is 48.1 Å². The van der Waals surface area contributed by atoms with Crippen LogP contribution in [0.1, 0.15) is 18.0 Å². The number of nitrogens with two attached hydrogens (primary N) is 1. The number of pyridine rings is 1. The Bertz CT molecular complexity index is 313. The second-order valence-corrected chi connectivity index (χ2v) is 4.02. The second kappa shape index (κ2) is 4.26. The van der Waals surface area contributed by atoms with Gasteiger partial charge in [0.15, 0.2) is 0 Å². The Kier molecular flexibility index (Phi) is 3.01. The highest BCUT2D eigenvalue weighted by Gasteiger charge is 2.24. The first-order chi connectivity index (χ1) is 6.77. The molecule has 0 amide bonds. The maximum Gasteiger partial charge on any atom is 0.0592 e. The summed E-state index contributed by atoms with van der Waals surface area (Å²) in [6, 6.07) is 1.86. The molecule has 2 unspecified atom stereocenters. The lowest BCUT2D eigenvalue weighted by molar-refractivity contribution is 0.181. The van der Waals surface area contributed by atoms with Crippen molar-refractivity contribution in [2.75, 3.05) is 13.2 Å². The van der Waals surface area contributed by atoms with Gasteiger partial charge in [-0.3, -0.25) is 4.98 Å². The molecule has 0 bridgehead atoms. The lowest BCUT2D eigenvalue weighted by atomic mass is 9.94. The summed E-state index contributed by atoms with van der Waals surface area (Å²) < 4.78 is 5.30. The predicted molar refractivity (Wildman–Crippen MR) is 55.1 cm³/mol. The zero-order valence-electron chi connectivity index (χ0n) is 7.82. The number of halogens is 1. The van der Waals surface area contributed by atoms with Gasteiger partial charge in [-0.05, 0) is 18.1 Å². The van der Waals surface area contributed by atoms with Crippen LogP contribution in [0, 0.1) is 5.92 Å². The number of aromatic nitrogens is 1. The minimum Gasteiger partial charge on any atom is -0.381 e. The van der Waals surface area contributed by atoms with Gasteiger partial charge >= 0.3 is 0 Å². The van der Waals surface area contributed by atoms with Gasteiger partial charge in [-0.15, -0.1) is 0 Å². The highest BCUT2D eigenvalue weighted by atomic mass is 35.5. The third-order valence-electron chi connectivity index (χ3n) is 2.58. The summed E-state index contributed by atoms with van der Waals surface area (Å²) in [5, 5.41) is 0.636. The maximum absolute atomic E-state index is 6.09. The minimum absolute atomic E-state index is 0.0105. The molecule has 0 aliphatic carbocycles. The molecule has 1 aliphatic rings. The Hall–Kier alpha value is -0.640. The average molecular weight is 213 g/mol. The number of hydrogen-bond donors (Lipinski definition) is 1. The van der Waals surface area contributed by atoms with Gasteiger partial charge in [0.05, 0.1) is 11.6 Å². The van der Waals surface area contributed by atoms with Crippen molar-refractivity contribution >= 4 is 11.6 Å². The van der Waals surface area contributed by atoms with Crippen LogP contribution >= 0.6 is 11.6 Å². The van der Waals surface area contributed by atoms with Gasteiger partial charge in [-0.2, -0.15) is 0 Å². The molecule has 14 heavy (non-hydrogen) atoms. The van der Waals surface area contributed by atoms with Crippen molar-refractivity contribution in [2.45, 2.75) is 12.5 Å². The van der Waals surface area contributed by atoms with E-state index in [0.29, 0.717) is 10.9 Å². The predicted octanol–water partition coefficient (Wildman–Crippen LogP) is 1.77. The van der Waals surface area contributed by atoms with Gasteiger partial charge in [-0.25, -0.2) is 0 Å².